The zero-order valence-corrected chi connectivity index (χ0v) is 10.9. The van der Waals surface area contributed by atoms with Crippen LogP contribution in [0, 0.1) is 5.92 Å². The Morgan fingerprint density at radius 1 is 1.40 bits per heavy atom. The van der Waals surface area contributed by atoms with Gasteiger partial charge in [0.15, 0.2) is 0 Å². The number of rotatable bonds is 2. The van der Waals surface area contributed by atoms with E-state index >= 15 is 0 Å². The number of hydrogen-bond donors (Lipinski definition) is 0. The second-order valence-corrected chi connectivity index (χ2v) is 5.42. The molecule has 1 amide bonds. The van der Waals surface area contributed by atoms with E-state index in [1.165, 1.54) is 4.90 Å². The number of carbonyl (C=O) groups is 2. The van der Waals surface area contributed by atoms with Crippen LogP contribution in [0.4, 0.5) is 10.6 Å². The highest BCUT2D eigenvalue weighted by Gasteiger charge is 2.48. The van der Waals surface area contributed by atoms with Crippen molar-refractivity contribution in [2.45, 2.75) is 31.3 Å². The summed E-state index contributed by atoms with van der Waals surface area (Å²) in [6.07, 6.45) is 3.31. The molecule has 0 unspecified atom stereocenters. The van der Waals surface area contributed by atoms with Gasteiger partial charge in [-0.05, 0) is 43.7 Å². The SMILES string of the molecule is O=C([O-])C1CCC2(CC1)CN(c1ccccn1)C(=O)O2. The predicted octanol–water partition coefficient (Wildman–Crippen LogP) is 0.717. The highest BCUT2D eigenvalue weighted by Crippen LogP contribution is 2.40. The third-order valence-electron chi connectivity index (χ3n) is 4.13. The van der Waals surface area contributed by atoms with Gasteiger partial charge >= 0.3 is 6.09 Å². The molecule has 0 atom stereocenters. The molecule has 3 rings (SSSR count). The number of aliphatic carboxylic acids is 1. The van der Waals surface area contributed by atoms with Crippen molar-refractivity contribution in [2.24, 2.45) is 5.92 Å². The molecule has 20 heavy (non-hydrogen) atoms. The summed E-state index contributed by atoms with van der Waals surface area (Å²) in [4.78, 5) is 28.5. The molecule has 0 bridgehead atoms. The first-order valence-electron chi connectivity index (χ1n) is 6.72. The average molecular weight is 275 g/mol. The summed E-state index contributed by atoms with van der Waals surface area (Å²) >= 11 is 0. The zero-order chi connectivity index (χ0) is 14.2. The summed E-state index contributed by atoms with van der Waals surface area (Å²) in [5, 5.41) is 10.9. The molecule has 0 N–H and O–H groups in total. The van der Waals surface area contributed by atoms with Gasteiger partial charge in [-0.25, -0.2) is 9.78 Å². The molecule has 2 aliphatic rings. The van der Waals surface area contributed by atoms with Crippen LogP contribution in [0.25, 0.3) is 0 Å². The summed E-state index contributed by atoms with van der Waals surface area (Å²) in [6.45, 7) is 0.433. The van der Waals surface area contributed by atoms with E-state index in [0.717, 1.165) is 0 Å². The fourth-order valence-electron chi connectivity index (χ4n) is 2.95. The molecule has 0 radical (unpaired) electrons. The number of amides is 1. The minimum absolute atomic E-state index is 0.407. The summed E-state index contributed by atoms with van der Waals surface area (Å²) in [7, 11) is 0. The van der Waals surface area contributed by atoms with Crippen LogP contribution in [-0.2, 0) is 9.53 Å². The average Bonchev–Trinajstić information content (AvgIpc) is 2.77. The fraction of sp³-hybridized carbons (Fsp3) is 0.500. The van der Waals surface area contributed by atoms with Gasteiger partial charge < -0.3 is 14.6 Å². The Kier molecular flexibility index (Phi) is 3.08. The predicted molar refractivity (Wildman–Crippen MR) is 67.8 cm³/mol. The molecule has 106 valence electrons. The van der Waals surface area contributed by atoms with Gasteiger partial charge in [-0.3, -0.25) is 4.90 Å². The van der Waals surface area contributed by atoms with Crippen LogP contribution < -0.4 is 10.0 Å². The first kappa shape index (κ1) is 12.9. The van der Waals surface area contributed by atoms with Crippen LogP contribution in [-0.4, -0.2) is 29.2 Å². The van der Waals surface area contributed by atoms with E-state index in [9.17, 15) is 14.7 Å². The van der Waals surface area contributed by atoms with Crippen molar-refractivity contribution in [2.75, 3.05) is 11.4 Å². The molecule has 1 saturated heterocycles. The summed E-state index contributed by atoms with van der Waals surface area (Å²) in [5.41, 5.74) is -0.569. The Hall–Kier alpha value is -2.11. The fourth-order valence-corrected chi connectivity index (χ4v) is 2.95. The van der Waals surface area contributed by atoms with Crippen LogP contribution in [0.1, 0.15) is 25.7 Å². The molecule has 1 spiro atoms. The van der Waals surface area contributed by atoms with Gasteiger partial charge in [-0.2, -0.15) is 0 Å². The smallest absolute Gasteiger partial charge is 0.416 e. The standard InChI is InChI=1S/C14H16N2O4/c17-12(18)10-4-6-14(7-5-10)9-16(13(19)20-14)11-3-1-2-8-15-11/h1-3,8,10H,4-7,9H2,(H,17,18)/p-1. The van der Waals surface area contributed by atoms with Crippen LogP contribution >= 0.6 is 0 Å². The number of ether oxygens (including phenoxy) is 1. The van der Waals surface area contributed by atoms with Gasteiger partial charge in [0, 0.05) is 12.2 Å². The molecule has 1 saturated carbocycles. The second-order valence-electron chi connectivity index (χ2n) is 5.42. The van der Waals surface area contributed by atoms with Crippen molar-refractivity contribution in [3.05, 3.63) is 24.4 Å². The van der Waals surface area contributed by atoms with Gasteiger partial charge in [0.05, 0.1) is 6.54 Å². The maximum atomic E-state index is 12.0. The van der Waals surface area contributed by atoms with Crippen LogP contribution in [0.5, 0.6) is 0 Å². The number of carboxylic acid groups (broad SMARTS) is 1. The lowest BCUT2D eigenvalue weighted by Gasteiger charge is -2.35. The molecule has 2 heterocycles. The first-order chi connectivity index (χ1) is 9.60. The van der Waals surface area contributed by atoms with Crippen molar-refractivity contribution in [1.82, 2.24) is 4.98 Å². The first-order valence-corrected chi connectivity index (χ1v) is 6.72. The maximum Gasteiger partial charge on any atom is 0.416 e. The molecule has 1 aromatic rings. The largest absolute Gasteiger partial charge is 0.550 e. The van der Waals surface area contributed by atoms with E-state index < -0.39 is 23.6 Å². The maximum absolute atomic E-state index is 12.0. The number of nitrogens with zero attached hydrogens (tertiary/aromatic N) is 2. The highest BCUT2D eigenvalue weighted by molar-refractivity contribution is 5.89. The van der Waals surface area contributed by atoms with Crippen molar-refractivity contribution in [3.63, 3.8) is 0 Å². The van der Waals surface area contributed by atoms with Crippen molar-refractivity contribution < 1.29 is 19.4 Å². The lowest BCUT2D eigenvalue weighted by Crippen LogP contribution is -2.42. The Morgan fingerprint density at radius 2 is 2.15 bits per heavy atom. The number of pyridine rings is 1. The molecule has 2 fully saturated rings. The molecule has 6 heteroatoms. The molecule has 1 aliphatic carbocycles. The number of aromatic nitrogens is 1. The normalized spacial score (nSPS) is 29.5. The van der Waals surface area contributed by atoms with Crippen molar-refractivity contribution in [1.29, 1.82) is 0 Å². The molecule has 6 nitrogen and oxygen atoms in total. The summed E-state index contributed by atoms with van der Waals surface area (Å²) < 4.78 is 5.52. The summed E-state index contributed by atoms with van der Waals surface area (Å²) in [6, 6.07) is 5.35. The van der Waals surface area contributed by atoms with Crippen LogP contribution in [0.15, 0.2) is 24.4 Å². The molecule has 0 aromatic carbocycles. The van der Waals surface area contributed by atoms with Gasteiger partial charge in [0.25, 0.3) is 0 Å². The third kappa shape index (κ3) is 2.21. The Labute approximate surface area is 116 Å². The Balaban J connectivity index is 1.73. The van der Waals surface area contributed by atoms with Crippen LogP contribution in [0.3, 0.4) is 0 Å². The monoisotopic (exact) mass is 275 g/mol. The molecule has 1 aromatic heterocycles. The minimum atomic E-state index is -1.01. The highest BCUT2D eigenvalue weighted by atomic mass is 16.6. The molecular formula is C14H15N2O4-. The van der Waals surface area contributed by atoms with Gasteiger partial charge in [0.2, 0.25) is 0 Å². The van der Waals surface area contributed by atoms with E-state index in [1.807, 2.05) is 6.07 Å². The van der Waals surface area contributed by atoms with Crippen molar-refractivity contribution in [3.8, 4) is 0 Å². The molecule has 1 aliphatic heterocycles. The zero-order valence-electron chi connectivity index (χ0n) is 10.9. The number of carboxylic acids is 1. The second kappa shape index (κ2) is 4.77. The van der Waals surface area contributed by atoms with E-state index in [4.69, 9.17) is 4.74 Å². The Morgan fingerprint density at radius 3 is 2.75 bits per heavy atom. The number of anilines is 1. The van der Waals surface area contributed by atoms with Gasteiger partial charge in [0.1, 0.15) is 11.4 Å². The number of carbonyl (C=O) groups excluding carboxylic acids is 2. The van der Waals surface area contributed by atoms with Gasteiger partial charge in [-0.15, -0.1) is 0 Å². The quantitative estimate of drug-likeness (QED) is 0.794. The third-order valence-corrected chi connectivity index (χ3v) is 4.13. The minimum Gasteiger partial charge on any atom is -0.550 e. The summed E-state index contributed by atoms with van der Waals surface area (Å²) in [5.74, 6) is -0.870. The van der Waals surface area contributed by atoms with Crippen LogP contribution in [0.2, 0.25) is 0 Å². The Bertz CT molecular complexity index is 523. The van der Waals surface area contributed by atoms with Gasteiger partial charge in [-0.1, -0.05) is 6.07 Å². The molecular weight excluding hydrogens is 260 g/mol. The number of hydrogen-bond acceptors (Lipinski definition) is 5. The lowest BCUT2D eigenvalue weighted by molar-refractivity contribution is -0.313. The van der Waals surface area contributed by atoms with E-state index in [0.29, 0.717) is 38.0 Å². The lowest BCUT2D eigenvalue weighted by atomic mass is 9.79. The topological polar surface area (TPSA) is 82.6 Å². The van der Waals surface area contributed by atoms with E-state index in [-0.39, 0.29) is 0 Å². The van der Waals surface area contributed by atoms with E-state index in [2.05, 4.69) is 4.98 Å². The van der Waals surface area contributed by atoms with E-state index in [1.54, 1.807) is 18.3 Å². The van der Waals surface area contributed by atoms with Crippen molar-refractivity contribution >= 4 is 17.9 Å².